The van der Waals surface area contributed by atoms with E-state index >= 15 is 0 Å². The Hall–Kier alpha value is -3.10. The van der Waals surface area contributed by atoms with E-state index in [0.29, 0.717) is 43.9 Å². The van der Waals surface area contributed by atoms with E-state index in [2.05, 4.69) is 10.6 Å². The molecule has 0 aromatic heterocycles. The highest BCUT2D eigenvalue weighted by Gasteiger charge is 2.34. The predicted octanol–water partition coefficient (Wildman–Crippen LogP) is 1.25. The molecule has 0 aliphatic carbocycles. The molecule has 1 aliphatic heterocycles. The van der Waals surface area contributed by atoms with Gasteiger partial charge in [0, 0.05) is 37.4 Å². The van der Waals surface area contributed by atoms with Crippen molar-refractivity contribution in [3.63, 3.8) is 0 Å². The minimum absolute atomic E-state index is 0.0306. The molecule has 170 valence electrons. The minimum atomic E-state index is -0.874. The Kier molecular flexibility index (Phi) is 9.30. The molecule has 0 spiro atoms. The van der Waals surface area contributed by atoms with E-state index in [9.17, 15) is 19.2 Å². The van der Waals surface area contributed by atoms with Crippen LogP contribution in [0.1, 0.15) is 44.0 Å². The molecular formula is C22H32N4O5. The molecule has 1 atom stereocenters. The van der Waals surface area contributed by atoms with E-state index in [1.165, 1.54) is 4.90 Å². The Morgan fingerprint density at radius 1 is 1.16 bits per heavy atom. The molecule has 31 heavy (non-hydrogen) atoms. The maximum Gasteiger partial charge on any atom is 0.308 e. The highest BCUT2D eigenvalue weighted by molar-refractivity contribution is 5.95. The number of amides is 3. The first kappa shape index (κ1) is 24.2. The van der Waals surface area contributed by atoms with Gasteiger partial charge in [-0.05, 0) is 44.5 Å². The number of hydrogen-bond donors (Lipinski definition) is 2. The highest BCUT2D eigenvalue weighted by atomic mass is 16.5. The molecule has 0 bridgehead atoms. The summed E-state index contributed by atoms with van der Waals surface area (Å²) < 4.78 is 5.06. The Morgan fingerprint density at radius 2 is 1.84 bits per heavy atom. The lowest BCUT2D eigenvalue weighted by atomic mass is 10.1. The molecule has 0 saturated carbocycles. The van der Waals surface area contributed by atoms with Crippen molar-refractivity contribution in [3.8, 4) is 0 Å². The zero-order chi connectivity index (χ0) is 22.8. The van der Waals surface area contributed by atoms with Gasteiger partial charge in [-0.3, -0.25) is 19.2 Å². The third-order valence-electron chi connectivity index (χ3n) is 5.10. The van der Waals surface area contributed by atoms with Gasteiger partial charge in [0.25, 0.3) is 5.91 Å². The van der Waals surface area contributed by atoms with Gasteiger partial charge in [-0.15, -0.1) is 0 Å². The lowest BCUT2D eigenvalue weighted by Crippen LogP contribution is -2.58. The molecular weight excluding hydrogens is 400 g/mol. The van der Waals surface area contributed by atoms with E-state index in [0.717, 1.165) is 0 Å². The number of piperazine rings is 1. The molecule has 1 aromatic carbocycles. The summed E-state index contributed by atoms with van der Waals surface area (Å²) in [4.78, 5) is 52.4. The number of benzene rings is 1. The fraction of sp³-hybridized carbons (Fsp3) is 0.545. The zero-order valence-electron chi connectivity index (χ0n) is 18.5. The van der Waals surface area contributed by atoms with Crippen molar-refractivity contribution in [1.29, 1.82) is 0 Å². The summed E-state index contributed by atoms with van der Waals surface area (Å²) in [6, 6.07) is 6.04. The number of hydrogen-bond acceptors (Lipinski definition) is 6. The summed E-state index contributed by atoms with van der Waals surface area (Å²) in [7, 11) is 0. The van der Waals surface area contributed by atoms with Gasteiger partial charge in [0.05, 0.1) is 19.6 Å². The van der Waals surface area contributed by atoms with E-state index in [4.69, 9.17) is 4.74 Å². The highest BCUT2D eigenvalue weighted by Crippen LogP contribution is 2.14. The Bertz CT molecular complexity index is 777. The van der Waals surface area contributed by atoms with Gasteiger partial charge in [-0.25, -0.2) is 0 Å². The van der Waals surface area contributed by atoms with E-state index in [1.807, 2.05) is 20.8 Å². The normalized spacial score (nSPS) is 15.8. The van der Waals surface area contributed by atoms with Gasteiger partial charge in [-0.2, -0.15) is 0 Å². The monoisotopic (exact) mass is 432 g/mol. The minimum Gasteiger partial charge on any atom is -0.466 e. The van der Waals surface area contributed by atoms with Crippen molar-refractivity contribution in [2.75, 3.05) is 44.6 Å². The van der Waals surface area contributed by atoms with Crippen LogP contribution in [0.4, 0.5) is 5.69 Å². The number of rotatable bonds is 10. The van der Waals surface area contributed by atoms with Crippen LogP contribution in [-0.2, 0) is 19.1 Å². The quantitative estimate of drug-likeness (QED) is 0.539. The third kappa shape index (κ3) is 6.70. The molecule has 1 aliphatic rings. The average Bonchev–Trinajstić information content (AvgIpc) is 2.78. The number of nitrogens with zero attached hydrogens (tertiary/aromatic N) is 2. The zero-order valence-corrected chi connectivity index (χ0v) is 18.5. The molecule has 1 saturated heterocycles. The van der Waals surface area contributed by atoms with Gasteiger partial charge in [0.15, 0.2) is 0 Å². The standard InChI is InChI=1S/C22H32N4O5/c1-4-13-31-20(28)14-18-21(29)23-11-12-26(18)19(27)15-24-17-9-7-16(8-10-17)22(30)25(5-2)6-3/h7-10,18,24H,4-6,11-15H2,1-3H3,(H,23,29). The molecule has 3 amide bonds. The first-order chi connectivity index (χ1) is 14.9. The summed E-state index contributed by atoms with van der Waals surface area (Å²) in [5, 5.41) is 5.71. The van der Waals surface area contributed by atoms with Crippen LogP contribution in [0.2, 0.25) is 0 Å². The average molecular weight is 433 g/mol. The number of anilines is 1. The fourth-order valence-corrected chi connectivity index (χ4v) is 3.35. The second-order valence-electron chi connectivity index (χ2n) is 7.23. The Balaban J connectivity index is 1.96. The van der Waals surface area contributed by atoms with Gasteiger partial charge in [-0.1, -0.05) is 6.92 Å². The molecule has 2 N–H and O–H groups in total. The van der Waals surface area contributed by atoms with Crippen molar-refractivity contribution in [3.05, 3.63) is 29.8 Å². The fourth-order valence-electron chi connectivity index (χ4n) is 3.35. The van der Waals surface area contributed by atoms with Crippen LogP contribution in [-0.4, -0.2) is 78.9 Å². The maximum absolute atomic E-state index is 12.7. The molecule has 1 unspecified atom stereocenters. The van der Waals surface area contributed by atoms with E-state index in [-0.39, 0.29) is 37.3 Å². The Labute approximate surface area is 183 Å². The van der Waals surface area contributed by atoms with Crippen LogP contribution < -0.4 is 10.6 Å². The number of carbonyl (C=O) groups is 4. The molecule has 9 heteroatoms. The molecule has 2 rings (SSSR count). The summed E-state index contributed by atoms with van der Waals surface area (Å²) >= 11 is 0. The topological polar surface area (TPSA) is 108 Å². The molecule has 1 fully saturated rings. The summed E-state index contributed by atoms with van der Waals surface area (Å²) in [6.45, 7) is 7.95. The summed E-state index contributed by atoms with van der Waals surface area (Å²) in [5.41, 5.74) is 1.27. The summed E-state index contributed by atoms with van der Waals surface area (Å²) in [6.07, 6.45) is 0.522. The van der Waals surface area contributed by atoms with Crippen LogP contribution in [0, 0.1) is 0 Å². The first-order valence-corrected chi connectivity index (χ1v) is 10.8. The Morgan fingerprint density at radius 3 is 2.45 bits per heavy atom. The van der Waals surface area contributed by atoms with Crippen LogP contribution >= 0.6 is 0 Å². The van der Waals surface area contributed by atoms with E-state index in [1.54, 1.807) is 29.2 Å². The second kappa shape index (κ2) is 11.9. The van der Waals surface area contributed by atoms with Crippen molar-refractivity contribution in [2.45, 2.75) is 39.7 Å². The van der Waals surface area contributed by atoms with Gasteiger partial charge in [0.1, 0.15) is 6.04 Å². The van der Waals surface area contributed by atoms with Gasteiger partial charge in [0.2, 0.25) is 11.8 Å². The SMILES string of the molecule is CCCOC(=O)CC1C(=O)NCCN1C(=O)CNc1ccc(C(=O)N(CC)CC)cc1. The lowest BCUT2D eigenvalue weighted by molar-refractivity contribution is -0.151. The van der Waals surface area contributed by atoms with Crippen molar-refractivity contribution >= 4 is 29.4 Å². The van der Waals surface area contributed by atoms with Crippen molar-refractivity contribution in [1.82, 2.24) is 15.1 Å². The van der Waals surface area contributed by atoms with E-state index < -0.39 is 12.0 Å². The van der Waals surface area contributed by atoms with Crippen molar-refractivity contribution < 1.29 is 23.9 Å². The maximum atomic E-state index is 12.7. The second-order valence-corrected chi connectivity index (χ2v) is 7.23. The number of ether oxygens (including phenoxy) is 1. The molecule has 0 radical (unpaired) electrons. The first-order valence-electron chi connectivity index (χ1n) is 10.8. The predicted molar refractivity (Wildman–Crippen MR) is 117 cm³/mol. The molecule has 1 aromatic rings. The number of nitrogens with one attached hydrogen (secondary N) is 2. The number of carbonyl (C=O) groups excluding carboxylic acids is 4. The van der Waals surface area contributed by atoms with Crippen LogP contribution in [0.5, 0.6) is 0 Å². The largest absolute Gasteiger partial charge is 0.466 e. The number of esters is 1. The smallest absolute Gasteiger partial charge is 0.308 e. The van der Waals surface area contributed by atoms with Gasteiger partial charge >= 0.3 is 5.97 Å². The van der Waals surface area contributed by atoms with Crippen LogP contribution in [0.25, 0.3) is 0 Å². The third-order valence-corrected chi connectivity index (χ3v) is 5.10. The van der Waals surface area contributed by atoms with Crippen LogP contribution in [0.3, 0.4) is 0 Å². The molecule has 1 heterocycles. The van der Waals surface area contributed by atoms with Gasteiger partial charge < -0.3 is 25.2 Å². The lowest BCUT2D eigenvalue weighted by Gasteiger charge is -2.34. The molecule has 9 nitrogen and oxygen atoms in total. The van der Waals surface area contributed by atoms with Crippen LogP contribution in [0.15, 0.2) is 24.3 Å². The van der Waals surface area contributed by atoms with Crippen molar-refractivity contribution in [2.24, 2.45) is 0 Å². The summed E-state index contributed by atoms with van der Waals surface area (Å²) in [5.74, 6) is -1.17.